The highest BCUT2D eigenvalue weighted by atomic mass is 19.1. The Bertz CT molecular complexity index is 702. The molecule has 3 rings (SSSR count). The average Bonchev–Trinajstić information content (AvgIpc) is 2.47. The summed E-state index contributed by atoms with van der Waals surface area (Å²) in [7, 11) is 0. The minimum absolute atomic E-state index is 0.00974. The van der Waals surface area contributed by atoms with E-state index in [2.05, 4.69) is 10.3 Å². The fraction of sp³-hybridized carbons (Fsp3) is 0.214. The number of hydrogen-bond acceptors (Lipinski definition) is 3. The monoisotopic (exact) mass is 273 g/mol. The first kappa shape index (κ1) is 12.5. The summed E-state index contributed by atoms with van der Waals surface area (Å²) in [6, 6.07) is 7.83. The third-order valence-electron chi connectivity index (χ3n) is 3.22. The van der Waals surface area contributed by atoms with Gasteiger partial charge in [0.2, 0.25) is 5.91 Å². The van der Waals surface area contributed by atoms with Crippen molar-refractivity contribution in [2.24, 2.45) is 0 Å². The number of aromatic nitrogens is 1. The zero-order valence-corrected chi connectivity index (χ0v) is 10.6. The lowest BCUT2D eigenvalue weighted by molar-refractivity contribution is -0.123. The first-order chi connectivity index (χ1) is 9.65. The third-order valence-corrected chi connectivity index (χ3v) is 3.22. The van der Waals surface area contributed by atoms with E-state index < -0.39 is 5.82 Å². The Kier molecular flexibility index (Phi) is 3.06. The van der Waals surface area contributed by atoms with Gasteiger partial charge < -0.3 is 10.2 Å². The fourth-order valence-corrected chi connectivity index (χ4v) is 2.20. The molecule has 0 unspecified atom stereocenters. The molecule has 2 heterocycles. The molecule has 0 bridgehead atoms. The van der Waals surface area contributed by atoms with E-state index in [0.29, 0.717) is 18.5 Å². The second-order valence-electron chi connectivity index (χ2n) is 4.58. The molecule has 0 atom stereocenters. The van der Waals surface area contributed by atoms with Crippen molar-refractivity contribution >= 4 is 22.7 Å². The van der Waals surface area contributed by atoms with E-state index in [0.717, 1.165) is 0 Å². The van der Waals surface area contributed by atoms with Crippen LogP contribution in [-0.4, -0.2) is 41.3 Å². The third kappa shape index (κ3) is 2.20. The largest absolute Gasteiger partial charge is 0.353 e. The molecule has 2 amide bonds. The molecule has 102 valence electrons. The lowest BCUT2D eigenvalue weighted by atomic mass is 10.2. The first-order valence-corrected chi connectivity index (χ1v) is 6.26. The summed E-state index contributed by atoms with van der Waals surface area (Å²) < 4.78 is 13.7. The number of fused-ring (bicyclic) bond motifs is 1. The maximum absolute atomic E-state index is 13.7. The highest BCUT2D eigenvalue weighted by Crippen LogP contribution is 2.16. The molecule has 5 nitrogen and oxygen atoms in total. The van der Waals surface area contributed by atoms with Gasteiger partial charge in [-0.3, -0.25) is 9.59 Å². The SMILES string of the molecule is O=C1CN(C(=O)c2ccc3cccc(F)c3n2)CCN1. The van der Waals surface area contributed by atoms with Gasteiger partial charge in [-0.2, -0.15) is 0 Å². The van der Waals surface area contributed by atoms with E-state index in [1.807, 2.05) is 0 Å². The summed E-state index contributed by atoms with van der Waals surface area (Å²) >= 11 is 0. The molecule has 1 aliphatic rings. The zero-order valence-electron chi connectivity index (χ0n) is 10.6. The molecule has 1 aliphatic heterocycles. The topological polar surface area (TPSA) is 62.3 Å². The van der Waals surface area contributed by atoms with Crippen molar-refractivity contribution < 1.29 is 14.0 Å². The number of rotatable bonds is 1. The van der Waals surface area contributed by atoms with Gasteiger partial charge in [-0.25, -0.2) is 9.37 Å². The van der Waals surface area contributed by atoms with E-state index >= 15 is 0 Å². The molecule has 20 heavy (non-hydrogen) atoms. The summed E-state index contributed by atoms with van der Waals surface area (Å²) in [6.07, 6.45) is 0. The number of halogens is 1. The highest BCUT2D eigenvalue weighted by Gasteiger charge is 2.23. The van der Waals surface area contributed by atoms with Crippen LogP contribution in [0.1, 0.15) is 10.5 Å². The Labute approximate surface area is 114 Å². The number of nitrogens with one attached hydrogen (secondary N) is 1. The Morgan fingerprint density at radius 3 is 2.95 bits per heavy atom. The average molecular weight is 273 g/mol. The van der Waals surface area contributed by atoms with E-state index in [1.165, 1.54) is 11.0 Å². The highest BCUT2D eigenvalue weighted by molar-refractivity contribution is 5.97. The number of piperazine rings is 1. The number of benzene rings is 1. The Hall–Kier alpha value is -2.50. The lowest BCUT2D eigenvalue weighted by Gasteiger charge is -2.26. The molecule has 1 aromatic heterocycles. The van der Waals surface area contributed by atoms with Crippen LogP contribution in [0.25, 0.3) is 10.9 Å². The van der Waals surface area contributed by atoms with Crippen molar-refractivity contribution in [3.8, 4) is 0 Å². The van der Waals surface area contributed by atoms with Crippen molar-refractivity contribution in [3.05, 3.63) is 41.8 Å². The van der Waals surface area contributed by atoms with Crippen LogP contribution in [0.15, 0.2) is 30.3 Å². The Balaban J connectivity index is 1.95. The van der Waals surface area contributed by atoms with Gasteiger partial charge in [-0.1, -0.05) is 18.2 Å². The molecule has 1 fully saturated rings. The number of carbonyl (C=O) groups excluding carboxylic acids is 2. The van der Waals surface area contributed by atoms with Crippen molar-refractivity contribution in [1.29, 1.82) is 0 Å². The van der Waals surface area contributed by atoms with Gasteiger partial charge >= 0.3 is 0 Å². The molecule has 1 N–H and O–H groups in total. The molecule has 0 radical (unpaired) electrons. The summed E-state index contributed by atoms with van der Waals surface area (Å²) in [4.78, 5) is 29.0. The van der Waals surface area contributed by atoms with Gasteiger partial charge in [0.15, 0.2) is 0 Å². The molecular formula is C14H12FN3O2. The predicted octanol–water partition coefficient (Wildman–Crippen LogP) is 0.946. The second-order valence-corrected chi connectivity index (χ2v) is 4.58. The van der Waals surface area contributed by atoms with Crippen molar-refractivity contribution in [1.82, 2.24) is 15.2 Å². The number of pyridine rings is 1. The Morgan fingerprint density at radius 1 is 1.30 bits per heavy atom. The number of carbonyl (C=O) groups is 2. The van der Waals surface area contributed by atoms with E-state index in [-0.39, 0.29) is 29.6 Å². The number of amides is 2. The molecule has 2 aromatic rings. The molecular weight excluding hydrogens is 261 g/mol. The molecule has 6 heteroatoms. The minimum Gasteiger partial charge on any atom is -0.353 e. The van der Waals surface area contributed by atoms with E-state index in [1.54, 1.807) is 24.3 Å². The molecule has 0 aliphatic carbocycles. The summed E-state index contributed by atoms with van der Waals surface area (Å²) in [5.41, 5.74) is 0.317. The van der Waals surface area contributed by atoms with Gasteiger partial charge in [0.25, 0.3) is 5.91 Å². The van der Waals surface area contributed by atoms with Crippen molar-refractivity contribution in [2.75, 3.05) is 19.6 Å². The standard InChI is InChI=1S/C14H12FN3O2/c15-10-3-1-2-9-4-5-11(17-13(9)10)14(20)18-7-6-16-12(19)8-18/h1-5H,6-8H2,(H,16,19). The molecule has 1 aromatic carbocycles. The van der Waals surface area contributed by atoms with Crippen molar-refractivity contribution in [2.45, 2.75) is 0 Å². The van der Waals surface area contributed by atoms with E-state index in [4.69, 9.17) is 0 Å². The molecule has 0 saturated carbocycles. The smallest absolute Gasteiger partial charge is 0.273 e. The fourth-order valence-electron chi connectivity index (χ4n) is 2.20. The van der Waals surface area contributed by atoms with Crippen LogP contribution in [0, 0.1) is 5.82 Å². The van der Waals surface area contributed by atoms with Crippen LogP contribution >= 0.6 is 0 Å². The maximum Gasteiger partial charge on any atom is 0.273 e. The lowest BCUT2D eigenvalue weighted by Crippen LogP contribution is -2.50. The normalized spacial score (nSPS) is 15.2. The summed E-state index contributed by atoms with van der Waals surface area (Å²) in [6.45, 7) is 0.865. The van der Waals surface area contributed by atoms with Crippen LogP contribution in [0.2, 0.25) is 0 Å². The van der Waals surface area contributed by atoms with Crippen LogP contribution in [0.4, 0.5) is 4.39 Å². The number of nitrogens with zero attached hydrogens (tertiary/aromatic N) is 2. The van der Waals surface area contributed by atoms with Gasteiger partial charge in [0.05, 0.1) is 6.54 Å². The van der Waals surface area contributed by atoms with Crippen LogP contribution in [-0.2, 0) is 4.79 Å². The Morgan fingerprint density at radius 2 is 2.15 bits per heavy atom. The van der Waals surface area contributed by atoms with Crippen molar-refractivity contribution in [3.63, 3.8) is 0 Å². The van der Waals surface area contributed by atoms with Gasteiger partial charge in [0.1, 0.15) is 17.0 Å². The van der Waals surface area contributed by atoms with E-state index in [9.17, 15) is 14.0 Å². The minimum atomic E-state index is -0.464. The van der Waals surface area contributed by atoms with Crippen LogP contribution in [0.5, 0.6) is 0 Å². The number of para-hydroxylation sites is 1. The maximum atomic E-state index is 13.7. The molecule has 0 spiro atoms. The van der Waals surface area contributed by atoms with Gasteiger partial charge in [-0.15, -0.1) is 0 Å². The van der Waals surface area contributed by atoms with Gasteiger partial charge in [-0.05, 0) is 12.1 Å². The van der Waals surface area contributed by atoms with Crippen LogP contribution < -0.4 is 5.32 Å². The van der Waals surface area contributed by atoms with Crippen LogP contribution in [0.3, 0.4) is 0 Å². The van der Waals surface area contributed by atoms with Gasteiger partial charge in [0, 0.05) is 18.5 Å². The summed E-state index contributed by atoms with van der Waals surface area (Å²) in [5.74, 6) is -1.02. The predicted molar refractivity (Wildman–Crippen MR) is 70.6 cm³/mol. The summed E-state index contributed by atoms with van der Waals surface area (Å²) in [5, 5.41) is 3.28. The zero-order chi connectivity index (χ0) is 14.1. The second kappa shape index (κ2) is 4.88. The first-order valence-electron chi connectivity index (χ1n) is 6.26. The molecule has 1 saturated heterocycles. The number of hydrogen-bond donors (Lipinski definition) is 1. The quantitative estimate of drug-likeness (QED) is 0.841.